The van der Waals surface area contributed by atoms with Crippen molar-refractivity contribution in [3.8, 4) is 0 Å². The summed E-state index contributed by atoms with van der Waals surface area (Å²) in [4.78, 5) is 13.8. The van der Waals surface area contributed by atoms with E-state index in [-0.39, 0.29) is 17.4 Å². The first-order chi connectivity index (χ1) is 7.84. The summed E-state index contributed by atoms with van der Waals surface area (Å²) in [6.45, 7) is 11.8. The Balaban J connectivity index is 2.66. The predicted octanol–water partition coefficient (Wildman–Crippen LogP) is 1.26. The van der Waals surface area contributed by atoms with Crippen molar-refractivity contribution in [3.63, 3.8) is 0 Å². The lowest BCUT2D eigenvalue weighted by molar-refractivity contribution is -0.141. The molecule has 1 unspecified atom stereocenters. The van der Waals surface area contributed by atoms with Gasteiger partial charge in [-0.25, -0.2) is 0 Å². The second-order valence-corrected chi connectivity index (χ2v) is 6.05. The minimum Gasteiger partial charge on any atom is -0.469 e. The maximum Gasteiger partial charge on any atom is 0.307 e. The maximum atomic E-state index is 11.3. The zero-order valence-corrected chi connectivity index (χ0v) is 11.7. The summed E-state index contributed by atoms with van der Waals surface area (Å²) in [5.74, 6) is -0.133. The van der Waals surface area contributed by atoms with Crippen LogP contribution in [-0.2, 0) is 9.53 Å². The first kappa shape index (κ1) is 14.5. The van der Waals surface area contributed by atoms with E-state index in [0.29, 0.717) is 12.5 Å². The average molecular weight is 242 g/mol. The van der Waals surface area contributed by atoms with Crippen LogP contribution < -0.4 is 5.32 Å². The Morgan fingerprint density at radius 2 is 2.18 bits per heavy atom. The van der Waals surface area contributed by atoms with Crippen LogP contribution >= 0.6 is 0 Å². The third-order valence-corrected chi connectivity index (χ3v) is 3.33. The number of carbonyl (C=O) groups excluding carboxylic acids is 1. The van der Waals surface area contributed by atoms with Crippen LogP contribution in [-0.4, -0.2) is 49.7 Å². The van der Waals surface area contributed by atoms with Crippen molar-refractivity contribution in [1.82, 2.24) is 10.2 Å². The van der Waals surface area contributed by atoms with Crippen molar-refractivity contribution in [2.24, 2.45) is 5.41 Å². The van der Waals surface area contributed by atoms with Gasteiger partial charge in [0.05, 0.1) is 13.5 Å². The summed E-state index contributed by atoms with van der Waals surface area (Å²) < 4.78 is 4.74. The largest absolute Gasteiger partial charge is 0.469 e. The Hall–Kier alpha value is -0.610. The molecule has 1 N–H and O–H groups in total. The molecule has 0 aromatic rings. The monoisotopic (exact) mass is 242 g/mol. The van der Waals surface area contributed by atoms with Crippen LogP contribution in [0.1, 0.15) is 34.1 Å². The molecule has 1 saturated heterocycles. The van der Waals surface area contributed by atoms with Gasteiger partial charge in [-0.1, -0.05) is 13.8 Å². The molecule has 1 rings (SSSR count). The van der Waals surface area contributed by atoms with Gasteiger partial charge in [0, 0.05) is 31.7 Å². The van der Waals surface area contributed by atoms with E-state index in [9.17, 15) is 4.79 Å². The molecule has 1 fully saturated rings. The number of ether oxygens (including phenoxy) is 1. The van der Waals surface area contributed by atoms with Gasteiger partial charge in [0.15, 0.2) is 0 Å². The SMILES string of the molecule is COC(=O)CC1CN(C(C)C)CC(C)(C)CN1. The summed E-state index contributed by atoms with van der Waals surface area (Å²) in [6, 6.07) is 0.709. The highest BCUT2D eigenvalue weighted by Gasteiger charge is 2.30. The molecule has 0 aromatic heterocycles. The third kappa shape index (κ3) is 4.64. The van der Waals surface area contributed by atoms with Gasteiger partial charge in [-0.3, -0.25) is 9.69 Å². The molecule has 0 aliphatic carbocycles. The second kappa shape index (κ2) is 5.83. The molecule has 1 aliphatic rings. The normalized spacial score (nSPS) is 25.6. The molecule has 0 radical (unpaired) electrons. The molecule has 1 heterocycles. The Morgan fingerprint density at radius 1 is 1.53 bits per heavy atom. The number of rotatable bonds is 3. The summed E-state index contributed by atoms with van der Waals surface area (Å²) >= 11 is 0. The second-order valence-electron chi connectivity index (χ2n) is 6.05. The van der Waals surface area contributed by atoms with Crippen LogP contribution in [0.2, 0.25) is 0 Å². The highest BCUT2D eigenvalue weighted by molar-refractivity contribution is 5.69. The fourth-order valence-corrected chi connectivity index (χ4v) is 2.25. The smallest absolute Gasteiger partial charge is 0.307 e. The summed E-state index contributed by atoms with van der Waals surface area (Å²) in [6.07, 6.45) is 0.454. The highest BCUT2D eigenvalue weighted by atomic mass is 16.5. The van der Waals surface area contributed by atoms with Gasteiger partial charge in [-0.05, 0) is 19.3 Å². The van der Waals surface area contributed by atoms with E-state index in [1.165, 1.54) is 7.11 Å². The van der Waals surface area contributed by atoms with E-state index in [1.807, 2.05) is 0 Å². The van der Waals surface area contributed by atoms with Crippen molar-refractivity contribution in [2.45, 2.75) is 46.2 Å². The van der Waals surface area contributed by atoms with Crippen LogP contribution in [0.5, 0.6) is 0 Å². The van der Waals surface area contributed by atoms with Gasteiger partial charge in [-0.15, -0.1) is 0 Å². The topological polar surface area (TPSA) is 41.6 Å². The minimum absolute atomic E-state index is 0.133. The van der Waals surface area contributed by atoms with E-state index in [0.717, 1.165) is 19.6 Å². The number of nitrogens with one attached hydrogen (secondary N) is 1. The van der Waals surface area contributed by atoms with Crippen molar-refractivity contribution in [3.05, 3.63) is 0 Å². The first-order valence-corrected chi connectivity index (χ1v) is 6.38. The molecule has 4 nitrogen and oxygen atoms in total. The van der Waals surface area contributed by atoms with Crippen LogP contribution in [0, 0.1) is 5.41 Å². The van der Waals surface area contributed by atoms with E-state index >= 15 is 0 Å². The number of esters is 1. The van der Waals surface area contributed by atoms with Crippen LogP contribution in [0.25, 0.3) is 0 Å². The minimum atomic E-state index is -0.133. The quantitative estimate of drug-likeness (QED) is 0.757. The van der Waals surface area contributed by atoms with Crippen molar-refractivity contribution >= 4 is 5.97 Å². The summed E-state index contributed by atoms with van der Waals surface area (Å²) in [5.41, 5.74) is 0.245. The Morgan fingerprint density at radius 3 is 2.71 bits per heavy atom. The molecule has 0 saturated carbocycles. The standard InChI is InChI=1S/C13H26N2O2/c1-10(2)15-7-11(6-12(16)17-5)14-8-13(3,4)9-15/h10-11,14H,6-9H2,1-5H3. The Bertz CT molecular complexity index is 264. The van der Waals surface area contributed by atoms with E-state index in [4.69, 9.17) is 4.74 Å². The van der Waals surface area contributed by atoms with Gasteiger partial charge in [-0.2, -0.15) is 0 Å². The molecular weight excluding hydrogens is 216 g/mol. The lowest BCUT2D eigenvalue weighted by Crippen LogP contribution is -2.42. The molecule has 1 aliphatic heterocycles. The number of hydrogen-bond acceptors (Lipinski definition) is 4. The third-order valence-electron chi connectivity index (χ3n) is 3.33. The van der Waals surface area contributed by atoms with Gasteiger partial charge in [0.2, 0.25) is 0 Å². The van der Waals surface area contributed by atoms with Gasteiger partial charge < -0.3 is 10.1 Å². The number of methoxy groups -OCH3 is 1. The molecule has 100 valence electrons. The summed E-state index contributed by atoms with van der Waals surface area (Å²) in [7, 11) is 1.45. The zero-order chi connectivity index (χ0) is 13.1. The highest BCUT2D eigenvalue weighted by Crippen LogP contribution is 2.21. The van der Waals surface area contributed by atoms with E-state index in [2.05, 4.69) is 37.9 Å². The van der Waals surface area contributed by atoms with Crippen LogP contribution in [0.3, 0.4) is 0 Å². The molecule has 0 amide bonds. The number of nitrogens with zero attached hydrogens (tertiary/aromatic N) is 1. The predicted molar refractivity (Wildman–Crippen MR) is 68.9 cm³/mol. The molecular formula is C13H26N2O2. The number of carbonyl (C=O) groups is 1. The van der Waals surface area contributed by atoms with Gasteiger partial charge in [0.1, 0.15) is 0 Å². The Labute approximate surface area is 105 Å². The van der Waals surface area contributed by atoms with E-state index in [1.54, 1.807) is 0 Å². The molecule has 17 heavy (non-hydrogen) atoms. The lowest BCUT2D eigenvalue weighted by atomic mass is 9.93. The fourth-order valence-electron chi connectivity index (χ4n) is 2.25. The first-order valence-electron chi connectivity index (χ1n) is 6.38. The lowest BCUT2D eigenvalue weighted by Gasteiger charge is -2.32. The maximum absolute atomic E-state index is 11.3. The van der Waals surface area contributed by atoms with Gasteiger partial charge >= 0.3 is 5.97 Å². The number of hydrogen-bond donors (Lipinski definition) is 1. The van der Waals surface area contributed by atoms with Crippen molar-refractivity contribution in [1.29, 1.82) is 0 Å². The van der Waals surface area contributed by atoms with Crippen molar-refractivity contribution < 1.29 is 9.53 Å². The molecule has 1 atom stereocenters. The summed E-state index contributed by atoms with van der Waals surface area (Å²) in [5, 5.41) is 3.48. The molecule has 0 spiro atoms. The molecule has 0 aromatic carbocycles. The van der Waals surface area contributed by atoms with E-state index < -0.39 is 0 Å². The molecule has 4 heteroatoms. The van der Waals surface area contributed by atoms with Crippen LogP contribution in [0.4, 0.5) is 0 Å². The fraction of sp³-hybridized carbons (Fsp3) is 0.923. The van der Waals surface area contributed by atoms with Gasteiger partial charge in [0.25, 0.3) is 0 Å². The zero-order valence-electron chi connectivity index (χ0n) is 11.7. The molecule has 0 bridgehead atoms. The van der Waals surface area contributed by atoms with Crippen molar-refractivity contribution in [2.75, 3.05) is 26.7 Å². The average Bonchev–Trinajstić information content (AvgIpc) is 2.38. The van der Waals surface area contributed by atoms with Crippen LogP contribution in [0.15, 0.2) is 0 Å². The Kier molecular flexibility index (Phi) is 4.95.